The van der Waals surface area contributed by atoms with Crippen LogP contribution in [0.3, 0.4) is 0 Å². The molecule has 0 aliphatic carbocycles. The first-order valence-corrected chi connectivity index (χ1v) is 7.29. The molecule has 2 rings (SSSR count). The number of hydrogen-bond donors (Lipinski definition) is 1. The van der Waals surface area contributed by atoms with Crippen molar-refractivity contribution in [1.82, 2.24) is 14.3 Å². The zero-order valence-electron chi connectivity index (χ0n) is 12.8. The van der Waals surface area contributed by atoms with Gasteiger partial charge in [0.1, 0.15) is 0 Å². The van der Waals surface area contributed by atoms with Crippen LogP contribution in [0.4, 0.5) is 13.2 Å². The van der Waals surface area contributed by atoms with Crippen LogP contribution < -0.4 is 5.69 Å². The van der Waals surface area contributed by atoms with Crippen LogP contribution >= 0.6 is 11.6 Å². The van der Waals surface area contributed by atoms with Crippen molar-refractivity contribution in [3.05, 3.63) is 39.8 Å². The van der Waals surface area contributed by atoms with Gasteiger partial charge in [0, 0.05) is 17.5 Å². The lowest BCUT2D eigenvalue weighted by Gasteiger charge is -2.15. The second-order valence-corrected chi connectivity index (χ2v) is 5.48. The number of hydrogen-bond acceptors (Lipinski definition) is 5. The number of aliphatic hydroxyl groups excluding tert-OH is 1. The van der Waals surface area contributed by atoms with E-state index in [1.165, 1.54) is 24.3 Å². The van der Waals surface area contributed by atoms with Crippen molar-refractivity contribution in [1.29, 1.82) is 0 Å². The molecule has 0 spiro atoms. The standard InChI is InChI=1S/C14H13ClF3N3O4/c1-8(22)25-7-21-13(24)20(6-11(23)14(16,17)18)12(19-21)9-2-4-10(15)5-3-9/h2-5,11,23H,6-7H2,1H3/t11-/m0/s1. The number of carbonyl (C=O) groups excluding carboxylic acids is 1. The molecule has 7 nitrogen and oxygen atoms in total. The van der Waals surface area contributed by atoms with Crippen LogP contribution in [0, 0.1) is 0 Å². The normalized spacial score (nSPS) is 12.9. The number of rotatable bonds is 5. The van der Waals surface area contributed by atoms with Gasteiger partial charge in [-0.05, 0) is 24.3 Å². The molecule has 136 valence electrons. The second kappa shape index (κ2) is 7.28. The number of esters is 1. The first kappa shape index (κ1) is 19.0. The lowest BCUT2D eigenvalue weighted by atomic mass is 10.2. The second-order valence-electron chi connectivity index (χ2n) is 5.05. The summed E-state index contributed by atoms with van der Waals surface area (Å²) in [5.41, 5.74) is -0.660. The molecule has 0 unspecified atom stereocenters. The number of nitrogens with zero attached hydrogens (tertiary/aromatic N) is 3. The van der Waals surface area contributed by atoms with Crippen molar-refractivity contribution >= 4 is 17.6 Å². The quantitative estimate of drug-likeness (QED) is 0.801. The van der Waals surface area contributed by atoms with Crippen molar-refractivity contribution in [2.24, 2.45) is 0 Å². The van der Waals surface area contributed by atoms with E-state index >= 15 is 0 Å². The Hall–Kier alpha value is -2.33. The SMILES string of the molecule is CC(=O)OCn1nc(-c2ccc(Cl)cc2)n(C[C@H](O)C(F)(F)F)c1=O. The van der Waals surface area contributed by atoms with Crippen LogP contribution in [-0.4, -0.2) is 37.7 Å². The van der Waals surface area contributed by atoms with Crippen molar-refractivity contribution < 1.29 is 27.8 Å². The number of carbonyl (C=O) groups is 1. The highest BCUT2D eigenvalue weighted by Crippen LogP contribution is 2.23. The summed E-state index contributed by atoms with van der Waals surface area (Å²) >= 11 is 5.76. The maximum absolute atomic E-state index is 12.6. The predicted octanol–water partition coefficient (Wildman–Crippen LogP) is 1.81. The number of aliphatic hydroxyl groups is 1. The minimum absolute atomic E-state index is 0.128. The van der Waals surface area contributed by atoms with Gasteiger partial charge in [-0.2, -0.15) is 17.9 Å². The highest BCUT2D eigenvalue weighted by Gasteiger charge is 2.39. The van der Waals surface area contributed by atoms with Crippen LogP contribution in [0.2, 0.25) is 5.02 Å². The zero-order chi connectivity index (χ0) is 18.8. The molecule has 0 aliphatic heterocycles. The molecule has 1 atom stereocenters. The Bertz CT molecular complexity index is 814. The number of alkyl halides is 3. The van der Waals surface area contributed by atoms with Crippen molar-refractivity contribution in [2.45, 2.75) is 32.5 Å². The summed E-state index contributed by atoms with van der Waals surface area (Å²) in [4.78, 5) is 23.1. The van der Waals surface area contributed by atoms with Crippen molar-refractivity contribution in [3.63, 3.8) is 0 Å². The molecule has 11 heteroatoms. The van der Waals surface area contributed by atoms with E-state index in [-0.39, 0.29) is 5.82 Å². The predicted molar refractivity (Wildman–Crippen MR) is 80.8 cm³/mol. The summed E-state index contributed by atoms with van der Waals surface area (Å²) in [5, 5.41) is 13.5. The molecule has 0 aliphatic rings. The molecule has 1 aromatic carbocycles. The first-order chi connectivity index (χ1) is 11.6. The Labute approximate surface area is 144 Å². The van der Waals surface area contributed by atoms with Crippen LogP contribution in [0.5, 0.6) is 0 Å². The minimum atomic E-state index is -4.91. The monoisotopic (exact) mass is 379 g/mol. The van der Waals surface area contributed by atoms with Gasteiger partial charge in [0.15, 0.2) is 18.7 Å². The largest absolute Gasteiger partial charge is 0.442 e. The van der Waals surface area contributed by atoms with E-state index < -0.39 is 37.2 Å². The van der Waals surface area contributed by atoms with Gasteiger partial charge in [0.2, 0.25) is 0 Å². The topological polar surface area (TPSA) is 86.3 Å². The molecule has 0 bridgehead atoms. The van der Waals surface area contributed by atoms with Gasteiger partial charge in [-0.15, -0.1) is 5.10 Å². The Kier molecular flexibility index (Phi) is 5.53. The molecule has 0 fully saturated rings. The van der Waals surface area contributed by atoms with Gasteiger partial charge < -0.3 is 9.84 Å². The summed E-state index contributed by atoms with van der Waals surface area (Å²) in [6.45, 7) is -0.514. The molecule has 0 radical (unpaired) electrons. The van der Waals surface area contributed by atoms with Gasteiger partial charge in [-0.25, -0.2) is 4.79 Å². The van der Waals surface area contributed by atoms with Crippen LogP contribution in [0.25, 0.3) is 11.4 Å². The lowest BCUT2D eigenvalue weighted by molar-refractivity contribution is -0.207. The molecule has 25 heavy (non-hydrogen) atoms. The molecular weight excluding hydrogens is 367 g/mol. The third-order valence-corrected chi connectivity index (χ3v) is 3.40. The van der Waals surface area contributed by atoms with E-state index in [9.17, 15) is 27.9 Å². The van der Waals surface area contributed by atoms with E-state index in [1.54, 1.807) is 0 Å². The number of aromatic nitrogens is 3. The number of ether oxygens (including phenoxy) is 1. The lowest BCUT2D eigenvalue weighted by Crippen LogP contribution is -2.37. The molecule has 1 aromatic heterocycles. The summed E-state index contributed by atoms with van der Waals surface area (Å²) in [6.07, 6.45) is -7.67. The fourth-order valence-corrected chi connectivity index (χ4v) is 2.06. The molecule has 2 aromatic rings. The fourth-order valence-electron chi connectivity index (χ4n) is 1.93. The maximum Gasteiger partial charge on any atom is 0.416 e. The van der Waals surface area contributed by atoms with Crippen LogP contribution in [-0.2, 0) is 22.8 Å². The fraction of sp³-hybridized carbons (Fsp3) is 0.357. The van der Waals surface area contributed by atoms with Crippen LogP contribution in [0.15, 0.2) is 29.1 Å². The average molecular weight is 380 g/mol. The van der Waals surface area contributed by atoms with Gasteiger partial charge in [-0.1, -0.05) is 11.6 Å². The van der Waals surface area contributed by atoms with E-state index in [1.807, 2.05) is 0 Å². The molecule has 1 heterocycles. The molecular formula is C14H13ClF3N3O4. The van der Waals surface area contributed by atoms with E-state index in [2.05, 4.69) is 9.84 Å². The third-order valence-electron chi connectivity index (χ3n) is 3.15. The summed E-state index contributed by atoms with van der Waals surface area (Å²) < 4.78 is 43.9. The first-order valence-electron chi connectivity index (χ1n) is 6.91. The highest BCUT2D eigenvalue weighted by molar-refractivity contribution is 6.30. The molecule has 1 N–H and O–H groups in total. The smallest absolute Gasteiger partial charge is 0.416 e. The Morgan fingerprint density at radius 1 is 1.36 bits per heavy atom. The molecule has 0 amide bonds. The Morgan fingerprint density at radius 2 is 1.96 bits per heavy atom. The Morgan fingerprint density at radius 3 is 2.48 bits per heavy atom. The van der Waals surface area contributed by atoms with E-state index in [4.69, 9.17) is 11.6 Å². The van der Waals surface area contributed by atoms with Gasteiger partial charge >= 0.3 is 17.8 Å². The molecule has 0 saturated carbocycles. The summed E-state index contributed by atoms with van der Waals surface area (Å²) in [7, 11) is 0. The maximum atomic E-state index is 12.6. The molecule has 0 saturated heterocycles. The highest BCUT2D eigenvalue weighted by atomic mass is 35.5. The van der Waals surface area contributed by atoms with Crippen molar-refractivity contribution in [2.75, 3.05) is 0 Å². The van der Waals surface area contributed by atoms with Crippen molar-refractivity contribution in [3.8, 4) is 11.4 Å². The van der Waals surface area contributed by atoms with Gasteiger partial charge in [0.25, 0.3) is 0 Å². The zero-order valence-corrected chi connectivity index (χ0v) is 13.6. The number of halogens is 4. The average Bonchev–Trinajstić information content (AvgIpc) is 2.82. The summed E-state index contributed by atoms with van der Waals surface area (Å²) in [6, 6.07) is 5.85. The third kappa shape index (κ3) is 4.60. The minimum Gasteiger partial charge on any atom is -0.442 e. The summed E-state index contributed by atoms with van der Waals surface area (Å²) in [5.74, 6) is -0.818. The Balaban J connectivity index is 2.48. The van der Waals surface area contributed by atoms with E-state index in [0.29, 0.717) is 19.8 Å². The van der Waals surface area contributed by atoms with Gasteiger partial charge in [0.05, 0.1) is 6.54 Å². The number of benzene rings is 1. The van der Waals surface area contributed by atoms with Crippen LogP contribution in [0.1, 0.15) is 6.92 Å². The van der Waals surface area contributed by atoms with Gasteiger partial charge in [-0.3, -0.25) is 9.36 Å². The van der Waals surface area contributed by atoms with E-state index in [0.717, 1.165) is 6.92 Å².